The van der Waals surface area contributed by atoms with Gasteiger partial charge < -0.3 is 10.0 Å². The normalized spacial score (nSPS) is 10.2. The number of aryl methyl sites for hydroxylation is 1. The van der Waals surface area contributed by atoms with Crippen LogP contribution in [0.25, 0.3) is 0 Å². The van der Waals surface area contributed by atoms with Crippen molar-refractivity contribution in [1.82, 2.24) is 4.98 Å². The summed E-state index contributed by atoms with van der Waals surface area (Å²) >= 11 is 1.63. The maximum atomic E-state index is 8.77. The Balaban J connectivity index is 2.66. The third-order valence-electron chi connectivity index (χ3n) is 1.63. The van der Waals surface area contributed by atoms with Crippen LogP contribution in [0.2, 0.25) is 0 Å². The van der Waals surface area contributed by atoms with E-state index in [2.05, 4.69) is 16.8 Å². The van der Waals surface area contributed by atoms with Gasteiger partial charge in [0.25, 0.3) is 0 Å². The highest BCUT2D eigenvalue weighted by Crippen LogP contribution is 2.19. The fourth-order valence-electron chi connectivity index (χ4n) is 0.997. The van der Waals surface area contributed by atoms with Crippen molar-refractivity contribution in [2.24, 2.45) is 0 Å². The van der Waals surface area contributed by atoms with Gasteiger partial charge in [-0.05, 0) is 13.8 Å². The van der Waals surface area contributed by atoms with E-state index in [1.54, 1.807) is 11.3 Å². The molecule has 0 aromatic carbocycles. The first-order chi connectivity index (χ1) is 5.77. The average Bonchev–Trinajstić information content (AvgIpc) is 2.47. The van der Waals surface area contributed by atoms with Gasteiger partial charge in [-0.3, -0.25) is 0 Å². The molecule has 0 spiro atoms. The number of aromatic nitrogens is 1. The van der Waals surface area contributed by atoms with E-state index in [-0.39, 0.29) is 6.61 Å². The summed E-state index contributed by atoms with van der Waals surface area (Å²) in [6, 6.07) is 0. The Labute approximate surface area is 76.7 Å². The molecule has 0 aliphatic heterocycles. The largest absolute Gasteiger partial charge is 0.395 e. The minimum absolute atomic E-state index is 0.187. The highest BCUT2D eigenvalue weighted by Gasteiger charge is 2.06. The summed E-state index contributed by atoms with van der Waals surface area (Å²) in [6.07, 6.45) is 0. The molecule has 0 fully saturated rings. The zero-order valence-electron chi connectivity index (χ0n) is 7.45. The molecule has 1 heterocycles. The molecule has 0 aliphatic rings. The Kier molecular flexibility index (Phi) is 3.49. The Morgan fingerprint density at radius 3 is 2.83 bits per heavy atom. The lowest BCUT2D eigenvalue weighted by atomic mass is 10.5. The van der Waals surface area contributed by atoms with Crippen LogP contribution in [-0.4, -0.2) is 29.8 Å². The van der Waals surface area contributed by atoms with Gasteiger partial charge >= 0.3 is 0 Å². The van der Waals surface area contributed by atoms with Gasteiger partial charge in [0.1, 0.15) is 0 Å². The summed E-state index contributed by atoms with van der Waals surface area (Å²) in [4.78, 5) is 6.40. The molecule has 1 N–H and O–H groups in total. The minimum atomic E-state index is 0.187. The Morgan fingerprint density at radius 2 is 2.42 bits per heavy atom. The number of likely N-dealkylation sites (N-methyl/N-ethyl adjacent to an activating group) is 1. The number of rotatable bonds is 4. The van der Waals surface area contributed by atoms with E-state index in [4.69, 9.17) is 5.11 Å². The van der Waals surface area contributed by atoms with E-state index in [0.717, 1.165) is 17.4 Å². The summed E-state index contributed by atoms with van der Waals surface area (Å²) in [6.45, 7) is 5.79. The Bertz CT molecular complexity index is 237. The standard InChI is InChI=1S/C8H14N2OS/c1-3-10(4-5-11)8-9-7(2)6-12-8/h6,11H,3-5H2,1-2H3. The lowest BCUT2D eigenvalue weighted by molar-refractivity contribution is 0.302. The van der Waals surface area contributed by atoms with Gasteiger partial charge in [-0.15, -0.1) is 11.3 Å². The zero-order valence-corrected chi connectivity index (χ0v) is 8.27. The van der Waals surface area contributed by atoms with Crippen molar-refractivity contribution in [3.05, 3.63) is 11.1 Å². The molecule has 1 aromatic heterocycles. The monoisotopic (exact) mass is 186 g/mol. The molecule has 0 saturated heterocycles. The summed E-state index contributed by atoms with van der Waals surface area (Å²) in [5.74, 6) is 0. The molecule has 0 unspecified atom stereocenters. The number of hydrogen-bond acceptors (Lipinski definition) is 4. The van der Waals surface area contributed by atoms with Crippen LogP contribution in [0, 0.1) is 6.92 Å². The van der Waals surface area contributed by atoms with E-state index in [0.29, 0.717) is 6.54 Å². The zero-order chi connectivity index (χ0) is 8.97. The topological polar surface area (TPSA) is 36.4 Å². The molecule has 0 aliphatic carbocycles. The lowest BCUT2D eigenvalue weighted by Crippen LogP contribution is -2.25. The molecule has 0 saturated carbocycles. The maximum Gasteiger partial charge on any atom is 0.185 e. The quantitative estimate of drug-likeness (QED) is 0.769. The summed E-state index contributed by atoms with van der Waals surface area (Å²) in [5, 5.41) is 11.8. The molecule has 1 rings (SSSR count). The molecule has 12 heavy (non-hydrogen) atoms. The predicted molar refractivity (Wildman–Crippen MR) is 51.8 cm³/mol. The van der Waals surface area contributed by atoms with Gasteiger partial charge in [-0.25, -0.2) is 4.98 Å². The first kappa shape index (κ1) is 9.48. The molecule has 0 bridgehead atoms. The molecular formula is C8H14N2OS. The number of nitrogens with zero attached hydrogens (tertiary/aromatic N) is 2. The van der Waals surface area contributed by atoms with Crippen LogP contribution >= 0.6 is 11.3 Å². The smallest absolute Gasteiger partial charge is 0.185 e. The van der Waals surface area contributed by atoms with Crippen molar-refractivity contribution in [2.75, 3.05) is 24.6 Å². The fourth-order valence-corrected chi connectivity index (χ4v) is 1.89. The van der Waals surface area contributed by atoms with E-state index in [1.165, 1.54) is 0 Å². The van der Waals surface area contributed by atoms with E-state index in [9.17, 15) is 0 Å². The molecule has 4 heteroatoms. The van der Waals surface area contributed by atoms with Crippen molar-refractivity contribution in [2.45, 2.75) is 13.8 Å². The third-order valence-corrected chi connectivity index (χ3v) is 2.65. The van der Waals surface area contributed by atoms with Crippen molar-refractivity contribution in [1.29, 1.82) is 0 Å². The minimum Gasteiger partial charge on any atom is -0.395 e. The number of hydrogen-bond donors (Lipinski definition) is 1. The highest BCUT2D eigenvalue weighted by atomic mass is 32.1. The number of aliphatic hydroxyl groups is 1. The van der Waals surface area contributed by atoms with Crippen molar-refractivity contribution < 1.29 is 5.11 Å². The van der Waals surface area contributed by atoms with Crippen LogP contribution in [0.15, 0.2) is 5.38 Å². The van der Waals surface area contributed by atoms with Crippen LogP contribution < -0.4 is 4.90 Å². The summed E-state index contributed by atoms with van der Waals surface area (Å²) in [5.41, 5.74) is 1.05. The van der Waals surface area contributed by atoms with Crippen molar-refractivity contribution in [3.63, 3.8) is 0 Å². The van der Waals surface area contributed by atoms with Gasteiger partial charge in [0.05, 0.1) is 12.3 Å². The Hall–Kier alpha value is -0.610. The predicted octanol–water partition coefficient (Wildman–Crippen LogP) is 1.27. The van der Waals surface area contributed by atoms with Crippen LogP contribution in [-0.2, 0) is 0 Å². The molecule has 0 atom stereocenters. The molecule has 0 amide bonds. The number of aliphatic hydroxyl groups excluding tert-OH is 1. The maximum absolute atomic E-state index is 8.77. The van der Waals surface area contributed by atoms with Gasteiger partial charge in [-0.1, -0.05) is 0 Å². The molecule has 1 aromatic rings. The van der Waals surface area contributed by atoms with E-state index in [1.807, 2.05) is 12.3 Å². The Morgan fingerprint density at radius 1 is 1.67 bits per heavy atom. The van der Waals surface area contributed by atoms with Gasteiger partial charge in [0.15, 0.2) is 5.13 Å². The first-order valence-corrected chi connectivity index (χ1v) is 4.93. The second kappa shape index (κ2) is 4.42. The van der Waals surface area contributed by atoms with Crippen molar-refractivity contribution in [3.8, 4) is 0 Å². The fraction of sp³-hybridized carbons (Fsp3) is 0.625. The molecule has 3 nitrogen and oxygen atoms in total. The number of anilines is 1. The van der Waals surface area contributed by atoms with Crippen LogP contribution in [0.3, 0.4) is 0 Å². The SMILES string of the molecule is CCN(CCO)c1nc(C)cs1. The van der Waals surface area contributed by atoms with Crippen LogP contribution in [0.5, 0.6) is 0 Å². The van der Waals surface area contributed by atoms with Gasteiger partial charge in [-0.2, -0.15) is 0 Å². The van der Waals surface area contributed by atoms with Crippen LogP contribution in [0.1, 0.15) is 12.6 Å². The summed E-state index contributed by atoms with van der Waals surface area (Å²) < 4.78 is 0. The second-order valence-corrected chi connectivity index (χ2v) is 3.41. The highest BCUT2D eigenvalue weighted by molar-refractivity contribution is 7.13. The second-order valence-electron chi connectivity index (χ2n) is 2.57. The average molecular weight is 186 g/mol. The molecule has 68 valence electrons. The van der Waals surface area contributed by atoms with E-state index >= 15 is 0 Å². The van der Waals surface area contributed by atoms with Crippen LogP contribution in [0.4, 0.5) is 5.13 Å². The van der Waals surface area contributed by atoms with E-state index < -0.39 is 0 Å². The molecular weight excluding hydrogens is 172 g/mol. The van der Waals surface area contributed by atoms with Crippen molar-refractivity contribution >= 4 is 16.5 Å². The lowest BCUT2D eigenvalue weighted by Gasteiger charge is -2.17. The number of thiazole rings is 1. The van der Waals surface area contributed by atoms with Gasteiger partial charge in [0.2, 0.25) is 0 Å². The van der Waals surface area contributed by atoms with Gasteiger partial charge in [0, 0.05) is 18.5 Å². The molecule has 0 radical (unpaired) electrons. The third kappa shape index (κ3) is 2.19. The summed E-state index contributed by atoms with van der Waals surface area (Å²) in [7, 11) is 0. The first-order valence-electron chi connectivity index (χ1n) is 4.06.